The van der Waals surface area contributed by atoms with E-state index in [-0.39, 0.29) is 6.42 Å². The van der Waals surface area contributed by atoms with Crippen LogP contribution in [0.25, 0.3) is 0 Å². The molecule has 80 valence electrons. The third kappa shape index (κ3) is 2.29. The van der Waals surface area contributed by atoms with Gasteiger partial charge in [0.15, 0.2) is 0 Å². The number of nitrogens with zero attached hydrogens (tertiary/aromatic N) is 2. The number of imidazole rings is 1. The van der Waals surface area contributed by atoms with Gasteiger partial charge in [0, 0.05) is 25.4 Å². The molecule has 0 bridgehead atoms. The van der Waals surface area contributed by atoms with Crippen molar-refractivity contribution in [3.63, 3.8) is 0 Å². The molecule has 0 spiro atoms. The van der Waals surface area contributed by atoms with E-state index in [4.69, 9.17) is 5.73 Å². The highest BCUT2D eigenvalue weighted by Gasteiger charge is 2.31. The van der Waals surface area contributed by atoms with Crippen molar-refractivity contribution in [3.8, 4) is 0 Å². The zero-order valence-corrected chi connectivity index (χ0v) is 8.37. The minimum atomic E-state index is -2.54. The van der Waals surface area contributed by atoms with Gasteiger partial charge in [-0.2, -0.15) is 0 Å². The quantitative estimate of drug-likeness (QED) is 0.804. The largest absolute Gasteiger partial charge is 0.335 e. The number of aryl methyl sites for hydroxylation is 1. The van der Waals surface area contributed by atoms with Gasteiger partial charge in [0.05, 0.1) is 5.54 Å². The number of aromatic nitrogens is 2. The van der Waals surface area contributed by atoms with Crippen LogP contribution in [0.15, 0.2) is 12.4 Å². The molecule has 0 saturated heterocycles. The maximum Gasteiger partial charge on any atom is 0.256 e. The van der Waals surface area contributed by atoms with Crippen LogP contribution in [0.2, 0.25) is 0 Å². The first kappa shape index (κ1) is 11.1. The summed E-state index contributed by atoms with van der Waals surface area (Å²) in [6.07, 6.45) is 0.910. The fourth-order valence-corrected chi connectivity index (χ4v) is 1.21. The van der Waals surface area contributed by atoms with Gasteiger partial charge in [-0.05, 0) is 13.8 Å². The first-order valence-corrected chi connectivity index (χ1v) is 4.54. The van der Waals surface area contributed by atoms with Crippen molar-refractivity contribution in [1.82, 2.24) is 9.55 Å². The normalized spacial score (nSPS) is 15.9. The van der Waals surface area contributed by atoms with Gasteiger partial charge in [-0.15, -0.1) is 0 Å². The van der Waals surface area contributed by atoms with Crippen molar-refractivity contribution in [2.45, 2.75) is 38.8 Å². The molecule has 1 aromatic heterocycles. The van der Waals surface area contributed by atoms with Crippen molar-refractivity contribution in [2.24, 2.45) is 5.73 Å². The lowest BCUT2D eigenvalue weighted by Gasteiger charge is -2.23. The molecule has 2 N–H and O–H groups in total. The van der Waals surface area contributed by atoms with E-state index in [0.29, 0.717) is 12.4 Å². The summed E-state index contributed by atoms with van der Waals surface area (Å²) in [6.45, 7) is 3.99. The second-order valence-electron chi connectivity index (χ2n) is 3.61. The van der Waals surface area contributed by atoms with E-state index in [2.05, 4.69) is 4.98 Å². The summed E-state index contributed by atoms with van der Waals surface area (Å²) in [6, 6.07) is 0. The van der Waals surface area contributed by atoms with E-state index in [1.165, 1.54) is 6.92 Å². The SMILES string of the molecule is CCn1ccnc1CC(C)(N)C(F)F. The Hall–Kier alpha value is -0.970. The lowest BCUT2D eigenvalue weighted by atomic mass is 10.00. The van der Waals surface area contributed by atoms with Crippen LogP contribution in [0, 0.1) is 0 Å². The van der Waals surface area contributed by atoms with Crippen molar-refractivity contribution in [1.29, 1.82) is 0 Å². The van der Waals surface area contributed by atoms with E-state index in [9.17, 15) is 8.78 Å². The smallest absolute Gasteiger partial charge is 0.256 e. The van der Waals surface area contributed by atoms with E-state index in [0.717, 1.165) is 0 Å². The minimum absolute atomic E-state index is 0.0888. The molecule has 0 amide bonds. The number of halogens is 2. The predicted molar refractivity (Wildman–Crippen MR) is 50.2 cm³/mol. The molecular weight excluding hydrogens is 188 g/mol. The Balaban J connectivity index is 2.78. The minimum Gasteiger partial charge on any atom is -0.335 e. The maximum atomic E-state index is 12.5. The average Bonchev–Trinajstić information content (AvgIpc) is 2.50. The van der Waals surface area contributed by atoms with E-state index >= 15 is 0 Å². The summed E-state index contributed by atoms with van der Waals surface area (Å²) < 4.78 is 26.8. The predicted octanol–water partition coefficient (Wildman–Crippen LogP) is 1.43. The number of hydrogen-bond acceptors (Lipinski definition) is 2. The molecule has 1 aromatic rings. The Bertz CT molecular complexity index is 294. The van der Waals surface area contributed by atoms with Crippen LogP contribution < -0.4 is 5.73 Å². The Morgan fingerprint density at radius 2 is 2.29 bits per heavy atom. The molecule has 5 heteroatoms. The molecule has 0 saturated carbocycles. The summed E-state index contributed by atoms with van der Waals surface area (Å²) in [7, 11) is 0. The molecule has 1 unspecified atom stereocenters. The summed E-state index contributed by atoms with van der Waals surface area (Å²) in [5, 5.41) is 0. The second kappa shape index (κ2) is 4.04. The van der Waals surface area contributed by atoms with E-state index in [1.807, 2.05) is 11.5 Å². The molecule has 1 atom stereocenters. The number of nitrogens with two attached hydrogens (primary N) is 1. The molecule has 0 radical (unpaired) electrons. The van der Waals surface area contributed by atoms with Gasteiger partial charge in [-0.25, -0.2) is 13.8 Å². The molecule has 14 heavy (non-hydrogen) atoms. The molecule has 0 aromatic carbocycles. The number of alkyl halides is 2. The molecular formula is C9H15F2N3. The Labute approximate surface area is 81.9 Å². The van der Waals surface area contributed by atoms with Crippen LogP contribution in [-0.2, 0) is 13.0 Å². The van der Waals surface area contributed by atoms with Gasteiger partial charge in [-0.1, -0.05) is 0 Å². The lowest BCUT2D eigenvalue weighted by molar-refractivity contribution is 0.0624. The lowest BCUT2D eigenvalue weighted by Crippen LogP contribution is -2.46. The summed E-state index contributed by atoms with van der Waals surface area (Å²) >= 11 is 0. The highest BCUT2D eigenvalue weighted by molar-refractivity contribution is 5.00. The van der Waals surface area contributed by atoms with E-state index < -0.39 is 12.0 Å². The summed E-state index contributed by atoms with van der Waals surface area (Å²) in [5.74, 6) is 0.609. The van der Waals surface area contributed by atoms with Gasteiger partial charge in [0.25, 0.3) is 6.43 Å². The zero-order chi connectivity index (χ0) is 10.8. The van der Waals surface area contributed by atoms with Crippen molar-refractivity contribution in [3.05, 3.63) is 18.2 Å². The van der Waals surface area contributed by atoms with E-state index in [1.54, 1.807) is 12.4 Å². The topological polar surface area (TPSA) is 43.8 Å². The van der Waals surface area contributed by atoms with Crippen molar-refractivity contribution < 1.29 is 8.78 Å². The molecule has 0 fully saturated rings. The molecule has 3 nitrogen and oxygen atoms in total. The Morgan fingerprint density at radius 1 is 1.64 bits per heavy atom. The van der Waals surface area contributed by atoms with Crippen LogP contribution in [0.5, 0.6) is 0 Å². The summed E-state index contributed by atoms with van der Waals surface area (Å²) in [5.41, 5.74) is 3.97. The standard InChI is InChI=1S/C9H15F2N3/c1-3-14-5-4-13-7(14)6-9(2,12)8(10)11/h4-5,8H,3,6,12H2,1-2H3. The monoisotopic (exact) mass is 203 g/mol. The van der Waals surface area contributed by atoms with Crippen molar-refractivity contribution in [2.75, 3.05) is 0 Å². The van der Waals surface area contributed by atoms with Gasteiger partial charge in [-0.3, -0.25) is 0 Å². The van der Waals surface area contributed by atoms with Crippen molar-refractivity contribution >= 4 is 0 Å². The molecule has 0 aliphatic carbocycles. The van der Waals surface area contributed by atoms with Crippen LogP contribution in [0.4, 0.5) is 8.78 Å². The van der Waals surface area contributed by atoms with Crippen LogP contribution >= 0.6 is 0 Å². The highest BCUT2D eigenvalue weighted by Crippen LogP contribution is 2.17. The third-order valence-electron chi connectivity index (χ3n) is 2.18. The Kier molecular flexibility index (Phi) is 3.21. The van der Waals surface area contributed by atoms with Gasteiger partial charge >= 0.3 is 0 Å². The van der Waals surface area contributed by atoms with Gasteiger partial charge in [0.2, 0.25) is 0 Å². The van der Waals surface area contributed by atoms with Crippen LogP contribution in [0.3, 0.4) is 0 Å². The molecule has 1 rings (SSSR count). The van der Waals surface area contributed by atoms with Gasteiger partial charge < -0.3 is 10.3 Å². The zero-order valence-electron chi connectivity index (χ0n) is 8.37. The third-order valence-corrected chi connectivity index (χ3v) is 2.18. The number of hydrogen-bond donors (Lipinski definition) is 1. The molecule has 0 aliphatic rings. The fourth-order valence-electron chi connectivity index (χ4n) is 1.21. The van der Waals surface area contributed by atoms with Crippen LogP contribution in [0.1, 0.15) is 19.7 Å². The fraction of sp³-hybridized carbons (Fsp3) is 0.667. The second-order valence-corrected chi connectivity index (χ2v) is 3.61. The van der Waals surface area contributed by atoms with Crippen LogP contribution in [-0.4, -0.2) is 21.5 Å². The summed E-state index contributed by atoms with van der Waals surface area (Å²) in [4.78, 5) is 4.00. The number of rotatable bonds is 4. The van der Waals surface area contributed by atoms with Gasteiger partial charge in [0.1, 0.15) is 5.82 Å². The first-order chi connectivity index (χ1) is 6.47. The molecule has 1 heterocycles. The average molecular weight is 203 g/mol. The Morgan fingerprint density at radius 3 is 2.79 bits per heavy atom. The molecule has 0 aliphatic heterocycles. The maximum absolute atomic E-state index is 12.5. The first-order valence-electron chi connectivity index (χ1n) is 4.54. The highest BCUT2D eigenvalue weighted by atomic mass is 19.3.